The molecule has 8 heteroatoms. The van der Waals surface area contributed by atoms with Gasteiger partial charge in [0.1, 0.15) is 6.10 Å². The number of ketones is 1. The van der Waals surface area contributed by atoms with Gasteiger partial charge in [-0.2, -0.15) is 0 Å². The maximum atomic E-state index is 12.5. The Labute approximate surface area is 155 Å². The van der Waals surface area contributed by atoms with Gasteiger partial charge >= 0.3 is 0 Å². The van der Waals surface area contributed by atoms with Crippen molar-refractivity contribution < 1.29 is 13.9 Å². The van der Waals surface area contributed by atoms with Gasteiger partial charge < -0.3 is 14.1 Å². The molecular weight excluding hydrogens is 348 g/mol. The van der Waals surface area contributed by atoms with Crippen molar-refractivity contribution in [2.24, 2.45) is 7.05 Å². The van der Waals surface area contributed by atoms with Crippen molar-refractivity contribution in [3.8, 4) is 11.3 Å². The first-order valence-electron chi connectivity index (χ1n) is 8.56. The number of furan rings is 1. The van der Waals surface area contributed by atoms with Gasteiger partial charge in [0, 0.05) is 37.6 Å². The fraction of sp³-hybridized carbons (Fsp3) is 0.263. The number of nitrogens with zero attached hydrogens (tertiary/aromatic N) is 4. The van der Waals surface area contributed by atoms with Crippen LogP contribution >= 0.6 is 0 Å². The Morgan fingerprint density at radius 2 is 2.07 bits per heavy atom. The lowest BCUT2D eigenvalue weighted by atomic mass is 10.1. The van der Waals surface area contributed by atoms with Crippen LogP contribution in [-0.2, 0) is 11.8 Å². The molecule has 27 heavy (non-hydrogen) atoms. The van der Waals surface area contributed by atoms with Gasteiger partial charge in [-0.05, 0) is 24.3 Å². The van der Waals surface area contributed by atoms with Crippen molar-refractivity contribution in [1.29, 1.82) is 0 Å². The van der Waals surface area contributed by atoms with Crippen LogP contribution in [0.1, 0.15) is 10.6 Å². The summed E-state index contributed by atoms with van der Waals surface area (Å²) in [6.45, 7) is 1.17. The van der Waals surface area contributed by atoms with Crippen molar-refractivity contribution in [2.75, 3.05) is 24.6 Å². The monoisotopic (exact) mass is 366 g/mol. The lowest BCUT2D eigenvalue weighted by molar-refractivity contribution is 0.0315. The van der Waals surface area contributed by atoms with Crippen LogP contribution in [0.2, 0.25) is 0 Å². The second kappa shape index (κ2) is 7.16. The van der Waals surface area contributed by atoms with Gasteiger partial charge in [-0.25, -0.2) is 4.98 Å². The summed E-state index contributed by atoms with van der Waals surface area (Å²) >= 11 is 0. The fourth-order valence-corrected chi connectivity index (χ4v) is 3.05. The van der Waals surface area contributed by atoms with Crippen LogP contribution in [0.5, 0.6) is 0 Å². The first-order chi connectivity index (χ1) is 13.1. The number of carbonyl (C=O) groups excluding carboxylic acids is 1. The van der Waals surface area contributed by atoms with Crippen LogP contribution in [0.25, 0.3) is 11.3 Å². The van der Waals surface area contributed by atoms with Crippen molar-refractivity contribution in [2.45, 2.75) is 6.10 Å². The van der Waals surface area contributed by atoms with Crippen LogP contribution in [-0.4, -0.2) is 46.1 Å². The number of rotatable bonds is 4. The van der Waals surface area contributed by atoms with Crippen LogP contribution in [0, 0.1) is 0 Å². The first-order valence-corrected chi connectivity index (χ1v) is 8.56. The third-order valence-electron chi connectivity index (χ3n) is 4.49. The second-order valence-corrected chi connectivity index (χ2v) is 6.22. The highest BCUT2D eigenvalue weighted by Crippen LogP contribution is 2.21. The van der Waals surface area contributed by atoms with Gasteiger partial charge in [-0.3, -0.25) is 19.1 Å². The molecule has 1 aliphatic rings. The molecule has 4 heterocycles. The molecule has 0 amide bonds. The van der Waals surface area contributed by atoms with Gasteiger partial charge in [0.15, 0.2) is 5.76 Å². The standard InChI is InChI=1S/C19H18N4O4/c1-22-17(24)11-14(13-4-6-20-7-5-13)21-19(22)23-8-10-27-16(12-23)18(25)15-3-2-9-26-15/h2-7,9,11,16H,8,10,12H2,1H3. The first kappa shape index (κ1) is 17.2. The second-order valence-electron chi connectivity index (χ2n) is 6.22. The van der Waals surface area contributed by atoms with E-state index in [0.717, 1.165) is 5.56 Å². The summed E-state index contributed by atoms with van der Waals surface area (Å²) in [7, 11) is 1.67. The topological polar surface area (TPSA) is 90.5 Å². The van der Waals surface area contributed by atoms with Gasteiger partial charge in [0.05, 0.1) is 25.1 Å². The van der Waals surface area contributed by atoms with Crippen LogP contribution in [0.3, 0.4) is 0 Å². The molecule has 0 N–H and O–H groups in total. The van der Waals surface area contributed by atoms with E-state index in [0.29, 0.717) is 31.3 Å². The molecule has 0 saturated carbocycles. The average molecular weight is 366 g/mol. The molecule has 0 spiro atoms. The predicted molar refractivity (Wildman–Crippen MR) is 97.7 cm³/mol. The molecule has 1 unspecified atom stereocenters. The molecule has 1 saturated heterocycles. The highest BCUT2D eigenvalue weighted by molar-refractivity contribution is 5.97. The number of ether oxygens (including phenoxy) is 1. The molecule has 1 fully saturated rings. The molecule has 1 aliphatic heterocycles. The van der Waals surface area contributed by atoms with E-state index >= 15 is 0 Å². The molecule has 0 bridgehead atoms. The van der Waals surface area contributed by atoms with E-state index in [1.807, 2.05) is 4.90 Å². The third-order valence-corrected chi connectivity index (χ3v) is 4.49. The number of pyridine rings is 1. The van der Waals surface area contributed by atoms with Gasteiger partial charge in [0.2, 0.25) is 11.7 Å². The third kappa shape index (κ3) is 3.39. The minimum absolute atomic E-state index is 0.174. The number of aromatic nitrogens is 3. The number of hydrogen-bond donors (Lipinski definition) is 0. The summed E-state index contributed by atoms with van der Waals surface area (Å²) in [6, 6.07) is 8.37. The number of carbonyl (C=O) groups is 1. The molecular formula is C19H18N4O4. The zero-order chi connectivity index (χ0) is 18.8. The predicted octanol–water partition coefficient (Wildman–Crippen LogP) is 1.52. The Hall–Kier alpha value is -3.26. The Morgan fingerprint density at radius 1 is 1.26 bits per heavy atom. The normalized spacial score (nSPS) is 17.1. The van der Waals surface area contributed by atoms with Crippen molar-refractivity contribution in [1.82, 2.24) is 14.5 Å². The number of anilines is 1. The van der Waals surface area contributed by atoms with Crippen LogP contribution in [0.4, 0.5) is 5.95 Å². The maximum Gasteiger partial charge on any atom is 0.255 e. The average Bonchev–Trinajstić information content (AvgIpc) is 3.25. The molecule has 4 rings (SSSR count). The molecule has 3 aromatic rings. The van der Waals surface area contributed by atoms with Crippen molar-refractivity contribution in [3.63, 3.8) is 0 Å². The quantitative estimate of drug-likeness (QED) is 0.647. The number of morpholine rings is 1. The molecule has 138 valence electrons. The maximum absolute atomic E-state index is 12.5. The van der Waals surface area contributed by atoms with E-state index in [9.17, 15) is 9.59 Å². The minimum atomic E-state index is -0.675. The lowest BCUT2D eigenvalue weighted by Gasteiger charge is -2.33. The Morgan fingerprint density at radius 3 is 2.81 bits per heavy atom. The molecule has 0 aromatic carbocycles. The molecule has 1 atom stereocenters. The molecule has 8 nitrogen and oxygen atoms in total. The summed E-state index contributed by atoms with van der Waals surface area (Å²) in [4.78, 5) is 35.5. The summed E-state index contributed by atoms with van der Waals surface area (Å²) in [5.74, 6) is 0.532. The van der Waals surface area contributed by atoms with Crippen LogP contribution in [0.15, 0.2) is 58.2 Å². The Balaban J connectivity index is 1.65. The lowest BCUT2D eigenvalue weighted by Crippen LogP contribution is -2.48. The summed E-state index contributed by atoms with van der Waals surface area (Å²) in [5.41, 5.74) is 1.20. The minimum Gasteiger partial charge on any atom is -0.461 e. The van der Waals surface area contributed by atoms with E-state index in [1.54, 1.807) is 43.7 Å². The van der Waals surface area contributed by atoms with Gasteiger partial charge in [-0.1, -0.05) is 0 Å². The highest BCUT2D eigenvalue weighted by atomic mass is 16.5. The largest absolute Gasteiger partial charge is 0.461 e. The molecule has 3 aromatic heterocycles. The zero-order valence-electron chi connectivity index (χ0n) is 14.7. The Bertz CT molecular complexity index is 998. The highest BCUT2D eigenvalue weighted by Gasteiger charge is 2.30. The number of hydrogen-bond acceptors (Lipinski definition) is 7. The van der Waals surface area contributed by atoms with E-state index in [2.05, 4.69) is 9.97 Å². The molecule has 0 aliphatic carbocycles. The summed E-state index contributed by atoms with van der Waals surface area (Å²) in [5, 5.41) is 0. The van der Waals surface area contributed by atoms with Crippen molar-refractivity contribution >= 4 is 11.7 Å². The number of Topliss-reactive ketones (excluding diaryl/α,β-unsaturated/α-hetero) is 1. The van der Waals surface area contributed by atoms with E-state index in [1.165, 1.54) is 16.9 Å². The molecule has 0 radical (unpaired) electrons. The summed E-state index contributed by atoms with van der Waals surface area (Å²) in [6.07, 6.45) is 4.09. The Kier molecular flexibility index (Phi) is 4.55. The van der Waals surface area contributed by atoms with E-state index < -0.39 is 6.10 Å². The summed E-state index contributed by atoms with van der Waals surface area (Å²) < 4.78 is 12.3. The van der Waals surface area contributed by atoms with Crippen LogP contribution < -0.4 is 10.5 Å². The van der Waals surface area contributed by atoms with Gasteiger partial charge in [0.25, 0.3) is 5.56 Å². The zero-order valence-corrected chi connectivity index (χ0v) is 14.7. The fourth-order valence-electron chi connectivity index (χ4n) is 3.05. The van der Waals surface area contributed by atoms with E-state index in [-0.39, 0.29) is 17.1 Å². The SMILES string of the molecule is Cn1c(N2CCOC(C(=O)c3ccco3)C2)nc(-c2ccncc2)cc1=O. The smallest absolute Gasteiger partial charge is 0.255 e. The van der Waals surface area contributed by atoms with Gasteiger partial charge in [-0.15, -0.1) is 0 Å². The van der Waals surface area contributed by atoms with Crippen molar-refractivity contribution in [3.05, 3.63) is 65.1 Å². The van der Waals surface area contributed by atoms with E-state index in [4.69, 9.17) is 9.15 Å².